The van der Waals surface area contributed by atoms with Crippen molar-refractivity contribution in [3.8, 4) is 17.2 Å². The van der Waals surface area contributed by atoms with Crippen molar-refractivity contribution < 1.29 is 14.6 Å². The molecular weight excluding hydrogens is 182 g/mol. The van der Waals surface area contributed by atoms with E-state index in [9.17, 15) is 5.11 Å². The van der Waals surface area contributed by atoms with E-state index in [-0.39, 0.29) is 18.1 Å². The van der Waals surface area contributed by atoms with Gasteiger partial charge in [0.25, 0.3) is 0 Å². The van der Waals surface area contributed by atoms with Crippen LogP contribution >= 0.6 is 0 Å². The minimum atomic E-state index is -0.309. The van der Waals surface area contributed by atoms with E-state index in [0.717, 1.165) is 18.4 Å². The smallest absolute Gasteiger partial charge is 0.231 e. The fourth-order valence-corrected chi connectivity index (χ4v) is 1.77. The summed E-state index contributed by atoms with van der Waals surface area (Å²) in [6.07, 6.45) is 1.87. The first kappa shape index (κ1) is 7.94. The van der Waals surface area contributed by atoms with Crippen LogP contribution in [0.25, 0.3) is 0 Å². The van der Waals surface area contributed by atoms with Gasteiger partial charge in [0.05, 0.1) is 0 Å². The molecule has 0 radical (unpaired) electrons. The molecule has 0 atom stereocenters. The normalized spacial score (nSPS) is 20.9. The number of fused-ring (bicyclic) bond motifs is 1. The fraction of sp³-hybridized carbons (Fsp3) is 0.400. The first-order valence-corrected chi connectivity index (χ1v) is 4.61. The first-order chi connectivity index (χ1) is 6.69. The minimum absolute atomic E-state index is 0.181. The molecule has 3 N–H and O–H groups in total. The number of hydrogen-bond acceptors (Lipinski definition) is 4. The summed E-state index contributed by atoms with van der Waals surface area (Å²) in [6, 6.07) is 3.22. The summed E-state index contributed by atoms with van der Waals surface area (Å²) < 4.78 is 10.5. The minimum Gasteiger partial charge on any atom is -0.508 e. The van der Waals surface area contributed by atoms with Crippen molar-refractivity contribution in [2.24, 2.45) is 5.73 Å². The number of ether oxygens (including phenoxy) is 2. The summed E-state index contributed by atoms with van der Waals surface area (Å²) in [7, 11) is 0. The van der Waals surface area contributed by atoms with Gasteiger partial charge in [-0.05, 0) is 18.9 Å². The largest absolute Gasteiger partial charge is 0.508 e. The number of benzene rings is 1. The van der Waals surface area contributed by atoms with Crippen molar-refractivity contribution in [1.29, 1.82) is 0 Å². The molecule has 1 heterocycles. The highest BCUT2D eigenvalue weighted by Gasteiger charge is 2.44. The number of aromatic hydroxyl groups is 1. The van der Waals surface area contributed by atoms with Gasteiger partial charge in [-0.3, -0.25) is 0 Å². The Balaban J connectivity index is 2.19. The topological polar surface area (TPSA) is 64.7 Å². The molecule has 1 saturated carbocycles. The lowest BCUT2D eigenvalue weighted by Gasteiger charge is -2.12. The van der Waals surface area contributed by atoms with Gasteiger partial charge in [0, 0.05) is 17.2 Å². The molecule has 0 bridgehead atoms. The SMILES string of the molecule is NC1(c2cc(O)cc3c2OCO3)CC1. The van der Waals surface area contributed by atoms with Crippen LogP contribution in [-0.2, 0) is 5.54 Å². The van der Waals surface area contributed by atoms with Crippen molar-refractivity contribution in [3.63, 3.8) is 0 Å². The summed E-state index contributed by atoms with van der Waals surface area (Å²) in [5.41, 5.74) is 6.62. The Labute approximate surface area is 81.2 Å². The molecule has 2 aliphatic rings. The van der Waals surface area contributed by atoms with Crippen LogP contribution < -0.4 is 15.2 Å². The van der Waals surface area contributed by atoms with E-state index in [1.807, 2.05) is 0 Å². The second-order valence-electron chi connectivity index (χ2n) is 3.88. The van der Waals surface area contributed by atoms with E-state index in [1.165, 1.54) is 0 Å². The van der Waals surface area contributed by atoms with E-state index in [1.54, 1.807) is 12.1 Å². The molecule has 14 heavy (non-hydrogen) atoms. The van der Waals surface area contributed by atoms with Gasteiger partial charge < -0.3 is 20.3 Å². The molecule has 0 amide bonds. The summed E-state index contributed by atoms with van der Waals surface area (Å²) >= 11 is 0. The lowest BCUT2D eigenvalue weighted by molar-refractivity contribution is 0.172. The molecule has 0 aromatic heterocycles. The van der Waals surface area contributed by atoms with Crippen LogP contribution in [0.15, 0.2) is 12.1 Å². The van der Waals surface area contributed by atoms with Gasteiger partial charge in [0.15, 0.2) is 11.5 Å². The molecule has 3 rings (SSSR count). The molecule has 1 aliphatic carbocycles. The van der Waals surface area contributed by atoms with Crippen LogP contribution in [0, 0.1) is 0 Å². The van der Waals surface area contributed by atoms with Crippen molar-refractivity contribution in [2.75, 3.05) is 6.79 Å². The van der Waals surface area contributed by atoms with Crippen LogP contribution in [0.3, 0.4) is 0 Å². The lowest BCUT2D eigenvalue weighted by Crippen LogP contribution is -2.19. The maximum atomic E-state index is 9.48. The van der Waals surface area contributed by atoms with Crippen molar-refractivity contribution in [2.45, 2.75) is 18.4 Å². The summed E-state index contributed by atoms with van der Waals surface area (Å²) in [5, 5.41) is 9.48. The molecule has 1 fully saturated rings. The second kappa shape index (κ2) is 2.33. The van der Waals surface area contributed by atoms with Crippen LogP contribution in [0.1, 0.15) is 18.4 Å². The molecule has 0 spiro atoms. The maximum absolute atomic E-state index is 9.48. The molecule has 0 saturated heterocycles. The number of rotatable bonds is 1. The molecular formula is C10H11NO3. The van der Waals surface area contributed by atoms with Crippen LogP contribution in [0.5, 0.6) is 17.2 Å². The monoisotopic (exact) mass is 193 g/mol. The van der Waals surface area contributed by atoms with Gasteiger partial charge in [0.1, 0.15) is 5.75 Å². The third-order valence-corrected chi connectivity index (χ3v) is 2.78. The van der Waals surface area contributed by atoms with E-state index in [0.29, 0.717) is 11.5 Å². The average Bonchev–Trinajstić information content (AvgIpc) is 2.74. The summed E-state index contributed by atoms with van der Waals surface area (Å²) in [5.74, 6) is 1.47. The lowest BCUT2D eigenvalue weighted by atomic mass is 10.0. The van der Waals surface area contributed by atoms with Gasteiger partial charge in [-0.2, -0.15) is 0 Å². The molecule has 4 nitrogen and oxygen atoms in total. The van der Waals surface area contributed by atoms with Crippen molar-refractivity contribution >= 4 is 0 Å². The van der Waals surface area contributed by atoms with Crippen LogP contribution in [0.4, 0.5) is 0 Å². The van der Waals surface area contributed by atoms with E-state index < -0.39 is 0 Å². The van der Waals surface area contributed by atoms with E-state index >= 15 is 0 Å². The zero-order valence-electron chi connectivity index (χ0n) is 7.62. The summed E-state index contributed by atoms with van der Waals surface area (Å²) in [6.45, 7) is 0.210. The Bertz CT molecular complexity index is 399. The standard InChI is InChI=1S/C10H11NO3/c11-10(1-2-10)7-3-6(12)4-8-9(7)14-5-13-8/h3-4,12H,1-2,5,11H2. The maximum Gasteiger partial charge on any atom is 0.231 e. The molecule has 1 aliphatic heterocycles. The zero-order valence-corrected chi connectivity index (χ0v) is 7.62. The average molecular weight is 193 g/mol. The predicted molar refractivity (Wildman–Crippen MR) is 49.3 cm³/mol. The van der Waals surface area contributed by atoms with Gasteiger partial charge in [-0.25, -0.2) is 0 Å². The van der Waals surface area contributed by atoms with E-state index in [2.05, 4.69) is 0 Å². The van der Waals surface area contributed by atoms with Gasteiger partial charge in [-0.15, -0.1) is 0 Å². The van der Waals surface area contributed by atoms with Crippen molar-refractivity contribution in [3.05, 3.63) is 17.7 Å². The first-order valence-electron chi connectivity index (χ1n) is 4.61. The third-order valence-electron chi connectivity index (χ3n) is 2.78. The van der Waals surface area contributed by atoms with Crippen molar-refractivity contribution in [1.82, 2.24) is 0 Å². The van der Waals surface area contributed by atoms with Gasteiger partial charge >= 0.3 is 0 Å². The number of phenolic OH excluding ortho intramolecular Hbond substituents is 1. The quantitative estimate of drug-likeness (QED) is 0.700. The second-order valence-corrected chi connectivity index (χ2v) is 3.88. The Morgan fingerprint density at radius 3 is 2.79 bits per heavy atom. The molecule has 1 aromatic carbocycles. The Kier molecular flexibility index (Phi) is 1.32. The predicted octanol–water partition coefficient (Wildman–Crippen LogP) is 1.07. The highest BCUT2D eigenvalue weighted by molar-refractivity contribution is 5.56. The zero-order chi connectivity index (χ0) is 9.76. The highest BCUT2D eigenvalue weighted by atomic mass is 16.7. The molecule has 0 unspecified atom stereocenters. The number of nitrogens with two attached hydrogens (primary N) is 1. The third kappa shape index (κ3) is 0.974. The van der Waals surface area contributed by atoms with Crippen LogP contribution in [-0.4, -0.2) is 11.9 Å². The van der Waals surface area contributed by atoms with Gasteiger partial charge in [-0.1, -0.05) is 0 Å². The Morgan fingerprint density at radius 1 is 1.29 bits per heavy atom. The summed E-state index contributed by atoms with van der Waals surface area (Å²) in [4.78, 5) is 0. The highest BCUT2D eigenvalue weighted by Crippen LogP contribution is 2.51. The van der Waals surface area contributed by atoms with Crippen LogP contribution in [0.2, 0.25) is 0 Å². The number of phenols is 1. The number of hydrogen-bond donors (Lipinski definition) is 2. The molecule has 1 aromatic rings. The Hall–Kier alpha value is -1.42. The molecule has 74 valence electrons. The van der Waals surface area contributed by atoms with Gasteiger partial charge in [0.2, 0.25) is 6.79 Å². The fourth-order valence-electron chi connectivity index (χ4n) is 1.77. The van der Waals surface area contributed by atoms with E-state index in [4.69, 9.17) is 15.2 Å². The molecule has 4 heteroatoms. The Morgan fingerprint density at radius 2 is 2.07 bits per heavy atom.